The first-order valence-corrected chi connectivity index (χ1v) is 15.6. The number of guanidine groups is 1. The van der Waals surface area contributed by atoms with Gasteiger partial charge < -0.3 is 47.5 Å². The number of phenols is 1. The minimum Gasteiger partial charge on any atom is -0.507 e. The fourth-order valence-corrected chi connectivity index (χ4v) is 8.34. The molecule has 3 aliphatic rings. The van der Waals surface area contributed by atoms with Crippen molar-refractivity contribution >= 4 is 23.7 Å². The Labute approximate surface area is 262 Å². The summed E-state index contributed by atoms with van der Waals surface area (Å²) in [6.45, 7) is 3.33. The second-order valence-electron chi connectivity index (χ2n) is 13.0. The van der Waals surface area contributed by atoms with Crippen LogP contribution in [0.1, 0.15) is 66.2 Å². The van der Waals surface area contributed by atoms with Crippen LogP contribution in [0.4, 0.5) is 0 Å². The van der Waals surface area contributed by atoms with E-state index in [0.717, 1.165) is 36.9 Å². The van der Waals surface area contributed by atoms with Crippen LogP contribution in [0.3, 0.4) is 0 Å². The van der Waals surface area contributed by atoms with Crippen LogP contribution in [0.25, 0.3) is 0 Å². The van der Waals surface area contributed by atoms with Gasteiger partial charge in [-0.2, -0.15) is 0 Å². The van der Waals surface area contributed by atoms with Gasteiger partial charge in [0.05, 0.1) is 23.6 Å². The maximum atomic E-state index is 13.7. The Morgan fingerprint density at radius 3 is 2.69 bits per heavy atom. The smallest absolute Gasteiger partial charge is 0.326 e. The van der Waals surface area contributed by atoms with Crippen molar-refractivity contribution in [3.63, 3.8) is 0 Å². The highest BCUT2D eigenvalue weighted by Crippen LogP contribution is 2.60. The Balaban J connectivity index is 1.42. The monoisotopic (exact) mass is 623 g/mol. The summed E-state index contributed by atoms with van der Waals surface area (Å²) in [6.07, 6.45) is 7.11. The van der Waals surface area contributed by atoms with Crippen LogP contribution < -0.4 is 27.4 Å². The van der Waals surface area contributed by atoms with Crippen molar-refractivity contribution in [2.75, 3.05) is 20.1 Å². The van der Waals surface area contributed by atoms with Gasteiger partial charge in [-0.05, 0) is 69.0 Å². The van der Waals surface area contributed by atoms with E-state index < -0.39 is 35.3 Å². The van der Waals surface area contributed by atoms with Gasteiger partial charge in [-0.3, -0.25) is 15.0 Å². The van der Waals surface area contributed by atoms with Crippen molar-refractivity contribution < 1.29 is 24.6 Å². The number of amides is 2. The molecule has 1 saturated carbocycles. The lowest BCUT2D eigenvalue weighted by atomic mass is 9.48. The molecule has 1 saturated heterocycles. The van der Waals surface area contributed by atoms with Crippen LogP contribution in [0, 0.1) is 17.2 Å². The zero-order valence-corrected chi connectivity index (χ0v) is 25.8. The highest BCUT2D eigenvalue weighted by molar-refractivity contribution is 5.96. The molecule has 2 bridgehead atoms. The summed E-state index contributed by atoms with van der Waals surface area (Å²) in [5.74, 6) is -2.11. The van der Waals surface area contributed by atoms with E-state index in [1.165, 1.54) is 6.33 Å². The maximum Gasteiger partial charge on any atom is 0.326 e. The number of rotatable bonds is 12. The second kappa shape index (κ2) is 13.1. The molecule has 5 rings (SSSR count). The number of nitrogens with zero attached hydrogens (tertiary/aromatic N) is 2. The van der Waals surface area contributed by atoms with E-state index in [1.807, 2.05) is 6.07 Å². The average molecular weight is 624 g/mol. The first-order chi connectivity index (χ1) is 21.4. The average Bonchev–Trinajstić information content (AvgIpc) is 3.49. The molecule has 0 spiro atoms. The molecule has 1 aromatic carbocycles. The number of carboxylic acid groups (broad SMARTS) is 1. The number of primary amides is 1. The molecule has 7 atom stereocenters. The van der Waals surface area contributed by atoms with Gasteiger partial charge in [0.1, 0.15) is 11.8 Å². The molecule has 2 heterocycles. The van der Waals surface area contributed by atoms with Crippen LogP contribution in [0.15, 0.2) is 24.7 Å². The van der Waals surface area contributed by atoms with Crippen molar-refractivity contribution in [2.24, 2.45) is 23.3 Å². The summed E-state index contributed by atoms with van der Waals surface area (Å²) in [6, 6.07) is 1.81. The van der Waals surface area contributed by atoms with Crippen LogP contribution in [0.5, 0.6) is 5.75 Å². The molecule has 1 aromatic heterocycles. The lowest BCUT2D eigenvalue weighted by molar-refractivity contribution is -0.142. The minimum absolute atomic E-state index is 0.0325. The number of aromatic hydroxyl groups is 1. The number of carbonyl (C=O) groups excluding carboxylic acids is 2. The van der Waals surface area contributed by atoms with Crippen molar-refractivity contribution in [2.45, 2.75) is 81.5 Å². The third-order valence-corrected chi connectivity index (χ3v) is 10.3. The van der Waals surface area contributed by atoms with Crippen LogP contribution in [0.2, 0.25) is 0 Å². The zero-order valence-electron chi connectivity index (χ0n) is 25.8. The van der Waals surface area contributed by atoms with E-state index in [4.69, 9.17) is 16.9 Å². The Bertz CT molecular complexity index is 1430. The summed E-state index contributed by atoms with van der Waals surface area (Å²) in [5, 5.41) is 37.6. The predicted octanol–water partition coefficient (Wildman–Crippen LogP) is 0.160. The number of carboxylic acids is 1. The van der Waals surface area contributed by atoms with Crippen molar-refractivity contribution in [1.29, 1.82) is 5.41 Å². The Morgan fingerprint density at radius 1 is 1.24 bits per heavy atom. The number of hydrogen-bond donors (Lipinski definition) is 9. The fraction of sp³-hybridized carbons (Fsp3) is 0.581. The SMILES string of the molecule is C[C@H]1CN(C)[C@@H]2Cc3ccc(C(N)=O)c(O)c3[C@]13C[C@H](NC(Cc1c[nH]cn1)C(=O)N[C@@H](CCCNC(=N)N)C(=O)O)CC[C@@H]23. The van der Waals surface area contributed by atoms with Gasteiger partial charge in [-0.1, -0.05) is 13.0 Å². The number of nitrogens with two attached hydrogens (primary N) is 2. The van der Waals surface area contributed by atoms with E-state index in [1.54, 1.807) is 12.3 Å². The molecule has 45 heavy (non-hydrogen) atoms. The number of nitrogens with one attached hydrogen (secondary N) is 5. The van der Waals surface area contributed by atoms with E-state index in [2.05, 4.69) is 44.8 Å². The summed E-state index contributed by atoms with van der Waals surface area (Å²) < 4.78 is 0. The van der Waals surface area contributed by atoms with Crippen LogP contribution in [-0.2, 0) is 27.8 Å². The van der Waals surface area contributed by atoms with Gasteiger partial charge in [-0.25, -0.2) is 9.78 Å². The lowest BCUT2D eigenvalue weighted by Crippen LogP contribution is -2.66. The molecule has 2 aromatic rings. The van der Waals surface area contributed by atoms with Gasteiger partial charge >= 0.3 is 5.97 Å². The molecule has 2 aliphatic carbocycles. The summed E-state index contributed by atoms with van der Waals surface area (Å²) >= 11 is 0. The van der Waals surface area contributed by atoms with Crippen molar-refractivity contribution in [3.05, 3.63) is 47.0 Å². The lowest BCUT2D eigenvalue weighted by Gasteiger charge is -2.62. The number of benzene rings is 1. The number of H-pyrrole nitrogens is 1. The van der Waals surface area contributed by atoms with Gasteiger partial charge in [0.15, 0.2) is 5.96 Å². The van der Waals surface area contributed by atoms with Crippen LogP contribution in [-0.4, -0.2) is 93.1 Å². The molecule has 244 valence electrons. The van der Waals surface area contributed by atoms with Gasteiger partial charge in [0.25, 0.3) is 5.91 Å². The molecule has 2 fully saturated rings. The summed E-state index contributed by atoms with van der Waals surface area (Å²) in [4.78, 5) is 47.7. The predicted molar refractivity (Wildman–Crippen MR) is 167 cm³/mol. The maximum absolute atomic E-state index is 13.7. The number of fused-ring (bicyclic) bond motifs is 1. The fourth-order valence-electron chi connectivity index (χ4n) is 8.34. The molecular weight excluding hydrogens is 578 g/mol. The van der Waals surface area contributed by atoms with Gasteiger partial charge in [0, 0.05) is 48.8 Å². The second-order valence-corrected chi connectivity index (χ2v) is 13.0. The molecule has 0 radical (unpaired) electrons. The number of likely N-dealkylation sites (tertiary alicyclic amines) is 1. The number of likely N-dealkylation sites (N-methyl/N-ethyl adjacent to an activating group) is 1. The quantitative estimate of drug-likeness (QED) is 0.0882. The van der Waals surface area contributed by atoms with E-state index >= 15 is 0 Å². The third kappa shape index (κ3) is 6.34. The number of imidazole rings is 1. The number of piperidine rings is 1. The molecule has 14 nitrogen and oxygen atoms in total. The number of aromatic amines is 1. The van der Waals surface area contributed by atoms with Gasteiger partial charge in [0.2, 0.25) is 5.91 Å². The number of carbonyl (C=O) groups is 3. The van der Waals surface area contributed by atoms with E-state index in [0.29, 0.717) is 25.1 Å². The molecule has 14 heteroatoms. The third-order valence-electron chi connectivity index (χ3n) is 10.3. The normalized spacial score (nSPS) is 27.0. The highest BCUT2D eigenvalue weighted by Gasteiger charge is 2.59. The van der Waals surface area contributed by atoms with E-state index in [9.17, 15) is 24.6 Å². The number of aliphatic carboxylic acids is 1. The minimum atomic E-state index is -1.14. The Kier molecular flexibility index (Phi) is 9.35. The summed E-state index contributed by atoms with van der Waals surface area (Å²) in [7, 11) is 2.15. The largest absolute Gasteiger partial charge is 0.507 e. The van der Waals surface area contributed by atoms with Crippen molar-refractivity contribution in [1.82, 2.24) is 30.8 Å². The standard InChI is InChI=1S/C31H45N9O5/c1-16-14-40(2)24-10-17-5-7-20(27(32)42)26(41)25(17)31(16)12-18(6-8-21(24)31)38-23(11-19-13-35-15-37-19)28(43)39-22(29(44)45)4-3-9-36-30(33)34/h5,7,13,15-16,18,21-24,38,41H,3-4,6,8-12,14H2,1-2H3,(H2,32,42)(H,35,37)(H,39,43)(H,44,45)(H4,33,34,36)/t16-,18+,21-,22-,23?,24+,31+/m0/s1. The molecular formula is C31H45N9O5. The number of aromatic nitrogens is 2. The number of hydrogen-bond acceptors (Lipinski definition) is 8. The van der Waals surface area contributed by atoms with Gasteiger partial charge in [-0.15, -0.1) is 0 Å². The molecule has 11 N–H and O–H groups in total. The first kappa shape index (κ1) is 32.2. The molecule has 1 aliphatic heterocycles. The Morgan fingerprint density at radius 2 is 2.02 bits per heavy atom. The molecule has 2 amide bonds. The zero-order chi connectivity index (χ0) is 32.5. The van der Waals surface area contributed by atoms with Crippen molar-refractivity contribution in [3.8, 4) is 5.75 Å². The molecule has 1 unspecified atom stereocenters. The highest BCUT2D eigenvalue weighted by atomic mass is 16.4. The topological polar surface area (TPSA) is 236 Å². The van der Waals surface area contributed by atoms with Crippen LogP contribution >= 0.6 is 0 Å². The summed E-state index contributed by atoms with van der Waals surface area (Å²) in [5.41, 5.74) is 13.1. The Hall–Kier alpha value is -4.17. The van der Waals surface area contributed by atoms with E-state index in [-0.39, 0.29) is 54.0 Å². The first-order valence-electron chi connectivity index (χ1n) is 15.6.